The Kier molecular flexibility index (Phi) is 6.62. The largest absolute Gasteiger partial charge is 0.481 e. The molecule has 2 rings (SSSR count). The maximum Gasteiger partial charge on any atom is 0.304 e. The van der Waals surface area contributed by atoms with Crippen molar-refractivity contribution in [2.45, 2.75) is 16.2 Å². The molecule has 0 saturated heterocycles. The van der Waals surface area contributed by atoms with Crippen LogP contribution in [-0.4, -0.2) is 29.5 Å². The van der Waals surface area contributed by atoms with Crippen molar-refractivity contribution in [2.24, 2.45) is 0 Å². The lowest BCUT2D eigenvalue weighted by Gasteiger charge is -2.13. The zero-order chi connectivity index (χ0) is 19.5. The number of sulfonamides is 1. The summed E-state index contributed by atoms with van der Waals surface area (Å²) in [6.45, 7) is 0. The third-order valence-corrected chi connectivity index (χ3v) is 6.41. The van der Waals surface area contributed by atoms with Crippen LogP contribution in [0, 0.1) is 5.82 Å². The molecular weight excluding hydrogens is 428 g/mol. The summed E-state index contributed by atoms with van der Waals surface area (Å²) in [4.78, 5) is 10.0. The van der Waals surface area contributed by atoms with Crippen LogP contribution in [0.1, 0.15) is 6.42 Å². The first kappa shape index (κ1) is 20.6. The summed E-state index contributed by atoms with van der Waals surface area (Å²) in [5.41, 5.74) is -0.129. The average molecular weight is 440 g/mol. The van der Waals surface area contributed by atoms with E-state index in [0.717, 1.165) is 12.1 Å². The molecule has 0 aliphatic heterocycles. The lowest BCUT2D eigenvalue weighted by molar-refractivity contribution is -0.136. The van der Waals surface area contributed by atoms with Gasteiger partial charge in [0.2, 0.25) is 0 Å². The van der Waals surface area contributed by atoms with Gasteiger partial charge < -0.3 is 5.11 Å². The summed E-state index contributed by atoms with van der Waals surface area (Å²) in [5.74, 6) is -2.42. The van der Waals surface area contributed by atoms with E-state index in [1.54, 1.807) is 0 Å². The first-order valence-corrected chi connectivity index (χ1v) is 10.5. The number of nitrogens with one attached hydrogen (secondary N) is 1. The number of aliphatic carboxylic acids is 1. The van der Waals surface area contributed by atoms with Crippen LogP contribution in [0.5, 0.6) is 0 Å². The number of hydrogen-bond donors (Lipinski definition) is 2. The van der Waals surface area contributed by atoms with Gasteiger partial charge in [-0.2, -0.15) is 0 Å². The summed E-state index contributed by atoms with van der Waals surface area (Å²) in [6, 6.07) is 6.96. The predicted molar refractivity (Wildman–Crippen MR) is 97.2 cm³/mol. The summed E-state index contributed by atoms with van der Waals surface area (Å²) < 4.78 is 53.3. The van der Waals surface area contributed by atoms with Crippen LogP contribution in [-0.2, 0) is 25.6 Å². The molecule has 1 unspecified atom stereocenters. The lowest BCUT2D eigenvalue weighted by atomic mass is 10.3. The molecule has 0 saturated carbocycles. The van der Waals surface area contributed by atoms with Crippen molar-refractivity contribution in [3.8, 4) is 0 Å². The first-order valence-electron chi connectivity index (χ1n) is 6.98. The summed E-state index contributed by atoms with van der Waals surface area (Å²) in [5, 5.41) is 8.87. The molecule has 6 nitrogen and oxygen atoms in total. The van der Waals surface area contributed by atoms with E-state index in [-0.39, 0.29) is 32.8 Å². The van der Waals surface area contributed by atoms with E-state index >= 15 is 0 Å². The van der Waals surface area contributed by atoms with Crippen LogP contribution in [0.25, 0.3) is 0 Å². The van der Waals surface area contributed by atoms with Crippen molar-refractivity contribution in [3.63, 3.8) is 0 Å². The van der Waals surface area contributed by atoms with E-state index in [9.17, 15) is 21.8 Å². The van der Waals surface area contributed by atoms with E-state index < -0.39 is 37.5 Å². The molecule has 2 N–H and O–H groups in total. The minimum absolute atomic E-state index is 0.0275. The molecule has 26 heavy (non-hydrogen) atoms. The van der Waals surface area contributed by atoms with Crippen LogP contribution < -0.4 is 4.72 Å². The van der Waals surface area contributed by atoms with Gasteiger partial charge in [0.25, 0.3) is 10.0 Å². The van der Waals surface area contributed by atoms with E-state index in [4.69, 9.17) is 28.3 Å². The van der Waals surface area contributed by atoms with Crippen molar-refractivity contribution in [2.75, 3.05) is 10.5 Å². The van der Waals surface area contributed by atoms with E-state index in [1.165, 1.54) is 24.3 Å². The second kappa shape index (κ2) is 8.34. The van der Waals surface area contributed by atoms with Gasteiger partial charge in [0, 0.05) is 15.8 Å². The smallest absolute Gasteiger partial charge is 0.304 e. The Hall–Kier alpha value is -1.68. The van der Waals surface area contributed by atoms with Gasteiger partial charge in [-0.15, -0.1) is 0 Å². The van der Waals surface area contributed by atoms with Crippen LogP contribution in [0.4, 0.5) is 10.1 Å². The summed E-state index contributed by atoms with van der Waals surface area (Å²) >= 11 is 11.5. The Labute approximate surface area is 161 Å². The van der Waals surface area contributed by atoms with Crippen molar-refractivity contribution in [1.82, 2.24) is 0 Å². The molecular formula is C15H12Cl2FNO5S2. The lowest BCUT2D eigenvalue weighted by Crippen LogP contribution is -2.16. The number of rotatable bonds is 7. The Balaban J connectivity index is 2.40. The minimum Gasteiger partial charge on any atom is -0.481 e. The molecule has 0 aliphatic rings. The number of carbonyl (C=O) groups is 1. The highest BCUT2D eigenvalue weighted by Gasteiger charge is 2.22. The molecule has 11 heteroatoms. The Morgan fingerprint density at radius 3 is 2.38 bits per heavy atom. The highest BCUT2D eigenvalue weighted by Crippen LogP contribution is 2.28. The highest BCUT2D eigenvalue weighted by molar-refractivity contribution is 7.93. The SMILES string of the molecule is O=C(O)CCS(=O)c1ccc(Cl)cc1NS(=O)(=O)c1ccc(Cl)cc1F. The Morgan fingerprint density at radius 2 is 1.77 bits per heavy atom. The van der Waals surface area contributed by atoms with Gasteiger partial charge in [-0.3, -0.25) is 13.7 Å². The number of carboxylic acids is 1. The molecule has 2 aromatic carbocycles. The van der Waals surface area contributed by atoms with Gasteiger partial charge >= 0.3 is 5.97 Å². The number of anilines is 1. The molecule has 0 spiro atoms. The van der Waals surface area contributed by atoms with E-state index in [1.807, 2.05) is 0 Å². The van der Waals surface area contributed by atoms with Gasteiger partial charge in [0.15, 0.2) is 0 Å². The highest BCUT2D eigenvalue weighted by atomic mass is 35.5. The molecule has 0 amide bonds. The Bertz CT molecular complexity index is 982. The fourth-order valence-corrected chi connectivity index (χ4v) is 4.65. The van der Waals surface area contributed by atoms with Crippen molar-refractivity contribution in [1.29, 1.82) is 0 Å². The minimum atomic E-state index is -4.36. The normalized spacial score (nSPS) is 12.6. The van der Waals surface area contributed by atoms with Gasteiger partial charge in [0.1, 0.15) is 10.7 Å². The Morgan fingerprint density at radius 1 is 1.15 bits per heavy atom. The van der Waals surface area contributed by atoms with Crippen molar-refractivity contribution < 1.29 is 26.9 Å². The molecule has 2 aromatic rings. The molecule has 0 aliphatic carbocycles. The van der Waals surface area contributed by atoms with Crippen LogP contribution >= 0.6 is 23.2 Å². The molecule has 140 valence electrons. The zero-order valence-corrected chi connectivity index (χ0v) is 16.1. The third-order valence-electron chi connectivity index (χ3n) is 3.12. The summed E-state index contributed by atoms with van der Waals surface area (Å²) in [6.07, 6.45) is -0.368. The number of carboxylic acid groups (broad SMARTS) is 1. The monoisotopic (exact) mass is 439 g/mol. The summed E-state index contributed by atoms with van der Waals surface area (Å²) in [7, 11) is -6.16. The van der Waals surface area contributed by atoms with Crippen LogP contribution in [0.3, 0.4) is 0 Å². The molecule has 0 heterocycles. The average Bonchev–Trinajstić information content (AvgIpc) is 2.51. The quantitative estimate of drug-likeness (QED) is 0.687. The van der Waals surface area contributed by atoms with Crippen LogP contribution in [0.15, 0.2) is 46.2 Å². The molecule has 1 atom stereocenters. The maximum absolute atomic E-state index is 13.9. The first-order chi connectivity index (χ1) is 12.1. The molecule has 0 aromatic heterocycles. The second-order valence-electron chi connectivity index (χ2n) is 5.01. The van der Waals surface area contributed by atoms with E-state index in [0.29, 0.717) is 0 Å². The number of halogens is 3. The fourth-order valence-electron chi connectivity index (χ4n) is 1.96. The predicted octanol–water partition coefficient (Wildman–Crippen LogP) is 3.52. The molecule has 0 fully saturated rings. The van der Waals surface area contributed by atoms with Gasteiger partial charge in [-0.25, -0.2) is 12.8 Å². The van der Waals surface area contributed by atoms with Crippen molar-refractivity contribution >= 4 is 55.7 Å². The van der Waals surface area contributed by atoms with Crippen molar-refractivity contribution in [3.05, 3.63) is 52.3 Å². The van der Waals surface area contributed by atoms with Gasteiger partial charge in [-0.1, -0.05) is 23.2 Å². The zero-order valence-electron chi connectivity index (χ0n) is 12.9. The standard InChI is InChI=1S/C15H12Cl2FNO5S2/c16-9-2-4-14(11(18)7-9)26(23,24)19-12-8-10(17)1-3-13(12)25(22)6-5-15(20)21/h1-4,7-8,19H,5-6H2,(H,20,21). The topological polar surface area (TPSA) is 101 Å². The van der Waals surface area contributed by atoms with Gasteiger partial charge in [-0.05, 0) is 36.4 Å². The van der Waals surface area contributed by atoms with Crippen LogP contribution in [0.2, 0.25) is 10.0 Å². The van der Waals surface area contributed by atoms with Gasteiger partial charge in [0.05, 0.1) is 27.8 Å². The number of benzene rings is 2. The fraction of sp³-hybridized carbons (Fsp3) is 0.133. The maximum atomic E-state index is 13.9. The third kappa shape index (κ3) is 5.16. The second-order valence-corrected chi connectivity index (χ2v) is 9.08. The number of hydrogen-bond acceptors (Lipinski definition) is 4. The molecule has 0 radical (unpaired) electrons. The molecule has 0 bridgehead atoms. The van der Waals surface area contributed by atoms with E-state index in [2.05, 4.69) is 4.72 Å².